The molecule has 332 valence electrons. The number of rotatable bonds is 4. The third-order valence-corrected chi connectivity index (χ3v) is 12.5. The van der Waals surface area contributed by atoms with Crippen molar-refractivity contribution in [3.63, 3.8) is 0 Å². The van der Waals surface area contributed by atoms with Gasteiger partial charge in [-0.15, -0.1) is 71.0 Å². The van der Waals surface area contributed by atoms with Crippen LogP contribution in [0.1, 0.15) is 92.5 Å². The van der Waals surface area contributed by atoms with Crippen molar-refractivity contribution in [3.8, 4) is 22.3 Å². The van der Waals surface area contributed by atoms with E-state index < -0.39 is 23.5 Å². The van der Waals surface area contributed by atoms with Crippen LogP contribution in [0, 0.1) is 19.9 Å². The van der Waals surface area contributed by atoms with E-state index in [0.717, 1.165) is 54.9 Å². The third kappa shape index (κ3) is 12.3. The quantitative estimate of drug-likeness (QED) is 0.122. The van der Waals surface area contributed by atoms with Gasteiger partial charge in [0, 0.05) is 0 Å². The van der Waals surface area contributed by atoms with E-state index >= 15 is 0 Å². The SMILES string of the molecule is Cc1ccccc1-c1cc2[cH-]c3cc(-c4ccccc4C)c(C(C)(C)C)cc3c2cc1C(C)(C)C.Cl.Cl.FC(F)(F)c1ccc([C](=[Zr+2])c2ccc(C(F)(F)F)cc2)cc1.[C-]1=CC=CC1. The van der Waals surface area contributed by atoms with Gasteiger partial charge in [0.1, 0.15) is 0 Å². The summed E-state index contributed by atoms with van der Waals surface area (Å²) in [4.78, 5) is 0. The van der Waals surface area contributed by atoms with Crippen molar-refractivity contribution in [2.45, 2.75) is 85.0 Å². The number of hydrogen-bond donors (Lipinski definition) is 0. The number of aryl methyl sites for hydroxylation is 2. The summed E-state index contributed by atoms with van der Waals surface area (Å²) in [6, 6.07) is 38.9. The van der Waals surface area contributed by atoms with Gasteiger partial charge in [-0.05, 0) is 69.2 Å². The largest absolute Gasteiger partial charge is 0.273 e. The van der Waals surface area contributed by atoms with Crippen LogP contribution in [0.4, 0.5) is 26.3 Å². The second kappa shape index (κ2) is 20.8. The molecule has 0 amide bonds. The van der Waals surface area contributed by atoms with Crippen molar-refractivity contribution in [1.29, 1.82) is 0 Å². The van der Waals surface area contributed by atoms with Crippen LogP contribution < -0.4 is 0 Å². The fraction of sp³-hybridized carbons (Fsp3) is 0.236. The van der Waals surface area contributed by atoms with E-state index in [1.54, 1.807) is 0 Å². The molecule has 7 aromatic rings. The number of alkyl halides is 6. The summed E-state index contributed by atoms with van der Waals surface area (Å²) in [5, 5.41) is 5.38. The van der Waals surface area contributed by atoms with Crippen molar-refractivity contribution in [2.75, 3.05) is 0 Å². The maximum absolute atomic E-state index is 12.5. The Bertz CT molecular complexity index is 2590. The van der Waals surface area contributed by atoms with Crippen molar-refractivity contribution in [1.82, 2.24) is 0 Å². The molecule has 0 saturated heterocycles. The van der Waals surface area contributed by atoms with Gasteiger partial charge >= 0.3 is 137 Å². The molecule has 1 aliphatic carbocycles. The smallest absolute Gasteiger partial charge is 0.109 e. The minimum atomic E-state index is -4.41. The standard InChI is InChI=1S/C35H37.C15H8F6.C5H5.2ClH.Zr/c1-22-13-9-11-15-26(22)30-18-24-17-25-19-31(27-16-12-10-14-23(27)2)33(35(6,7)8)21-29(25)28(24)20-32(30)34(3,4)5;16-14(17,18)12-5-1-10(2-6-12)9-11-3-7-13(8-4-11)15(19,20)21;1-2-4-5-3-1;;;/h9-21H,1-8H3;1-8H;1-3H,4H2;2*1H;/q-1;;-1;;;+2. The van der Waals surface area contributed by atoms with E-state index in [1.807, 2.05) is 12.2 Å². The Morgan fingerprint density at radius 2 is 0.906 bits per heavy atom. The molecular weight excluding hydrogens is 937 g/mol. The topological polar surface area (TPSA) is 0 Å². The Morgan fingerprint density at radius 3 is 1.19 bits per heavy atom. The average molecular weight is 989 g/mol. The summed E-state index contributed by atoms with van der Waals surface area (Å²) in [5.41, 5.74) is 10.5. The summed E-state index contributed by atoms with van der Waals surface area (Å²) >= 11 is 0.898. The zero-order valence-corrected chi connectivity index (χ0v) is 41.2. The molecule has 0 unspecified atom stereocenters. The van der Waals surface area contributed by atoms with E-state index in [4.69, 9.17) is 0 Å². The monoisotopic (exact) mass is 986 g/mol. The minimum absolute atomic E-state index is 0. The molecular formula is C55H52Cl2F6Zr. The Kier molecular flexibility index (Phi) is 17.0. The molecule has 0 fully saturated rings. The van der Waals surface area contributed by atoms with E-state index in [2.05, 4.69) is 146 Å². The average Bonchev–Trinajstić information content (AvgIpc) is 3.91. The number of hydrogen-bond acceptors (Lipinski definition) is 0. The van der Waals surface area contributed by atoms with Crippen LogP contribution in [0.25, 0.3) is 43.8 Å². The van der Waals surface area contributed by atoms with Gasteiger partial charge in [-0.25, -0.2) is 12.2 Å². The fourth-order valence-electron chi connectivity index (χ4n) is 7.70. The first-order valence-electron chi connectivity index (χ1n) is 20.5. The molecule has 0 atom stereocenters. The fourth-order valence-corrected chi connectivity index (χ4v) is 8.52. The molecule has 0 aliphatic heterocycles. The summed E-state index contributed by atoms with van der Waals surface area (Å²) in [6.45, 7) is 18.4. The zero-order valence-electron chi connectivity index (χ0n) is 37.1. The van der Waals surface area contributed by atoms with Crippen molar-refractivity contribution >= 4 is 49.6 Å². The maximum Gasteiger partial charge on any atom is -0.109 e. The molecule has 0 radical (unpaired) electrons. The molecule has 64 heavy (non-hydrogen) atoms. The molecule has 9 heteroatoms. The van der Waals surface area contributed by atoms with Gasteiger partial charge in [0.15, 0.2) is 0 Å². The number of fused-ring (bicyclic) bond motifs is 3. The van der Waals surface area contributed by atoms with Gasteiger partial charge in [0.25, 0.3) is 0 Å². The Balaban J connectivity index is 0.000000265. The normalized spacial score (nSPS) is 12.5. The minimum Gasteiger partial charge on any atom is -0.273 e. The van der Waals surface area contributed by atoms with Gasteiger partial charge in [0.2, 0.25) is 0 Å². The second-order valence-corrected chi connectivity index (χ2v) is 19.0. The molecule has 0 heterocycles. The van der Waals surface area contributed by atoms with Crippen molar-refractivity contribution < 1.29 is 50.6 Å². The molecule has 0 bridgehead atoms. The van der Waals surface area contributed by atoms with Crippen LogP contribution in [0.15, 0.2) is 146 Å². The van der Waals surface area contributed by atoms with Gasteiger partial charge < -0.3 is 0 Å². The predicted molar refractivity (Wildman–Crippen MR) is 257 cm³/mol. The molecule has 8 rings (SSSR count). The molecule has 7 aromatic carbocycles. The van der Waals surface area contributed by atoms with Crippen molar-refractivity contribution in [3.05, 3.63) is 196 Å². The van der Waals surface area contributed by atoms with E-state index in [0.29, 0.717) is 14.3 Å². The predicted octanol–water partition coefficient (Wildman–Crippen LogP) is 17.2. The van der Waals surface area contributed by atoms with Gasteiger partial charge in [-0.2, -0.15) is 6.08 Å². The Labute approximate surface area is 401 Å². The number of halogens is 8. The number of allylic oxidation sites excluding steroid dienone is 4. The summed E-state index contributed by atoms with van der Waals surface area (Å²) in [6.07, 6.45) is 1.18. The Hall–Kier alpha value is -4.42. The van der Waals surface area contributed by atoms with Gasteiger partial charge in [-0.1, -0.05) is 102 Å². The summed E-state index contributed by atoms with van der Waals surface area (Å²) in [5.74, 6) is 0. The first kappa shape index (κ1) is 52.2. The second-order valence-electron chi connectivity index (χ2n) is 17.8. The van der Waals surface area contributed by atoms with E-state index in [-0.39, 0.29) is 35.6 Å². The zero-order chi connectivity index (χ0) is 45.2. The summed E-state index contributed by atoms with van der Waals surface area (Å²) in [7, 11) is 0. The van der Waals surface area contributed by atoms with E-state index in [1.165, 1.54) is 90.3 Å². The first-order chi connectivity index (χ1) is 29.0. The molecule has 0 spiro atoms. The summed E-state index contributed by atoms with van der Waals surface area (Å²) < 4.78 is 75.6. The molecule has 0 N–H and O–H groups in total. The van der Waals surface area contributed by atoms with Crippen LogP contribution in [0.2, 0.25) is 0 Å². The molecule has 0 aromatic heterocycles. The first-order valence-corrected chi connectivity index (χ1v) is 21.8. The third-order valence-electron chi connectivity index (χ3n) is 11.1. The van der Waals surface area contributed by atoms with Gasteiger partial charge in [0.05, 0.1) is 0 Å². The molecule has 0 saturated carbocycles. The van der Waals surface area contributed by atoms with Crippen LogP contribution >= 0.6 is 24.8 Å². The number of benzene rings is 6. The van der Waals surface area contributed by atoms with Crippen LogP contribution in [0.3, 0.4) is 0 Å². The van der Waals surface area contributed by atoms with Crippen molar-refractivity contribution in [2.24, 2.45) is 0 Å². The molecule has 1 aliphatic rings. The van der Waals surface area contributed by atoms with Crippen LogP contribution in [0.5, 0.6) is 0 Å². The Morgan fingerprint density at radius 1 is 0.531 bits per heavy atom. The van der Waals surface area contributed by atoms with Crippen LogP contribution in [-0.2, 0) is 47.4 Å². The van der Waals surface area contributed by atoms with Gasteiger partial charge in [-0.3, -0.25) is 6.08 Å². The molecule has 0 nitrogen and oxygen atoms in total. The van der Waals surface area contributed by atoms with Crippen LogP contribution in [-0.4, -0.2) is 3.21 Å². The maximum atomic E-state index is 12.5. The van der Waals surface area contributed by atoms with E-state index in [9.17, 15) is 26.3 Å².